The third-order valence-electron chi connectivity index (χ3n) is 3.23. The number of halogens is 2. The summed E-state index contributed by atoms with van der Waals surface area (Å²) in [6.07, 6.45) is 0. The Morgan fingerprint density at radius 2 is 1.96 bits per heavy atom. The first-order valence-corrected chi connectivity index (χ1v) is 7.24. The zero-order chi connectivity index (χ0) is 16.6. The molecule has 3 aromatic rings. The van der Waals surface area contributed by atoms with Gasteiger partial charge in [-0.2, -0.15) is 0 Å². The number of fused-ring (bicyclic) bond motifs is 1. The van der Waals surface area contributed by atoms with Crippen molar-refractivity contribution in [2.24, 2.45) is 5.84 Å². The van der Waals surface area contributed by atoms with Gasteiger partial charge in [0.05, 0.1) is 17.2 Å². The van der Waals surface area contributed by atoms with Gasteiger partial charge in [-0.05, 0) is 30.3 Å². The van der Waals surface area contributed by atoms with Gasteiger partial charge in [-0.25, -0.2) is 10.8 Å². The molecule has 0 bridgehead atoms. The van der Waals surface area contributed by atoms with Crippen LogP contribution in [0, 0.1) is 0 Å². The van der Waals surface area contributed by atoms with E-state index in [4.69, 9.17) is 38.2 Å². The minimum absolute atomic E-state index is 0.330. The normalized spacial score (nSPS) is 10.8. The second-order valence-electron chi connectivity index (χ2n) is 4.65. The van der Waals surface area contributed by atoms with E-state index < -0.39 is 5.91 Å². The first-order valence-electron chi connectivity index (χ1n) is 6.48. The Balaban J connectivity index is 2.09. The van der Waals surface area contributed by atoms with Gasteiger partial charge >= 0.3 is 0 Å². The number of hydrogen-bond acceptors (Lipinski definition) is 5. The Morgan fingerprint density at radius 1 is 1.26 bits per heavy atom. The van der Waals surface area contributed by atoms with Crippen molar-refractivity contribution >= 4 is 40.2 Å². The molecule has 1 amide bonds. The van der Waals surface area contributed by atoms with Crippen LogP contribution in [0.25, 0.3) is 22.6 Å². The number of ether oxygens (including phenoxy) is 1. The summed E-state index contributed by atoms with van der Waals surface area (Å²) in [4.78, 5) is 15.9. The zero-order valence-electron chi connectivity index (χ0n) is 11.9. The monoisotopic (exact) mass is 351 g/mol. The number of carbonyl (C=O) groups excluding carboxylic acids is 1. The first kappa shape index (κ1) is 15.6. The van der Waals surface area contributed by atoms with Gasteiger partial charge in [-0.3, -0.25) is 10.2 Å². The quantitative estimate of drug-likeness (QED) is 0.428. The highest BCUT2D eigenvalue weighted by molar-refractivity contribution is 6.37. The first-order chi connectivity index (χ1) is 11.0. The molecule has 0 saturated heterocycles. The van der Waals surface area contributed by atoms with E-state index in [9.17, 15) is 4.79 Å². The molecule has 0 radical (unpaired) electrons. The number of benzene rings is 2. The second kappa shape index (κ2) is 6.08. The number of nitrogen functional groups attached to an aromatic ring is 1. The van der Waals surface area contributed by atoms with Gasteiger partial charge < -0.3 is 9.15 Å². The molecule has 3 rings (SSSR count). The van der Waals surface area contributed by atoms with Gasteiger partial charge in [0, 0.05) is 11.1 Å². The maximum atomic E-state index is 11.6. The fourth-order valence-electron chi connectivity index (χ4n) is 2.15. The summed E-state index contributed by atoms with van der Waals surface area (Å²) in [5.74, 6) is 5.42. The van der Waals surface area contributed by atoms with Crippen molar-refractivity contribution < 1.29 is 13.9 Å². The van der Waals surface area contributed by atoms with Crippen molar-refractivity contribution in [3.8, 4) is 17.2 Å². The van der Waals surface area contributed by atoms with E-state index in [1.165, 1.54) is 7.11 Å². The van der Waals surface area contributed by atoms with E-state index >= 15 is 0 Å². The Labute approximate surface area is 141 Å². The minimum atomic E-state index is -0.410. The van der Waals surface area contributed by atoms with Gasteiger partial charge in [-0.15, -0.1) is 0 Å². The second-order valence-corrected chi connectivity index (χ2v) is 5.46. The fraction of sp³-hybridized carbons (Fsp3) is 0.0667. The van der Waals surface area contributed by atoms with E-state index in [-0.39, 0.29) is 0 Å². The summed E-state index contributed by atoms with van der Waals surface area (Å²) < 4.78 is 10.8. The summed E-state index contributed by atoms with van der Waals surface area (Å²) in [6, 6.07) is 8.10. The summed E-state index contributed by atoms with van der Waals surface area (Å²) in [5.41, 5.74) is 4.09. The number of nitrogens with zero attached hydrogens (tertiary/aromatic N) is 1. The fourth-order valence-corrected chi connectivity index (χ4v) is 2.80. The van der Waals surface area contributed by atoms with Crippen LogP contribution in [0.4, 0.5) is 0 Å². The molecule has 0 fully saturated rings. The van der Waals surface area contributed by atoms with E-state index in [0.29, 0.717) is 43.9 Å². The van der Waals surface area contributed by atoms with Crippen LogP contribution in [0.2, 0.25) is 10.0 Å². The molecule has 0 aliphatic rings. The molecule has 1 aromatic heterocycles. The van der Waals surface area contributed by atoms with Crippen LogP contribution in [0.3, 0.4) is 0 Å². The van der Waals surface area contributed by atoms with Crippen molar-refractivity contribution in [2.75, 3.05) is 7.11 Å². The zero-order valence-corrected chi connectivity index (χ0v) is 13.4. The lowest BCUT2D eigenvalue weighted by Crippen LogP contribution is -2.29. The standard InChI is InChI=1S/C15H11Cl2N3O3/c1-22-13-9(16)4-8(5-10(13)17)15-19-11-6-7(14(21)20-18)2-3-12(11)23-15/h2-6H,18H2,1H3,(H,20,21). The summed E-state index contributed by atoms with van der Waals surface area (Å²) in [7, 11) is 1.48. The van der Waals surface area contributed by atoms with Crippen LogP contribution in [0.1, 0.15) is 10.4 Å². The maximum Gasteiger partial charge on any atom is 0.265 e. The highest BCUT2D eigenvalue weighted by Crippen LogP contribution is 2.37. The Kier molecular flexibility index (Phi) is 4.12. The lowest BCUT2D eigenvalue weighted by Gasteiger charge is -2.06. The molecule has 3 N–H and O–H groups in total. The van der Waals surface area contributed by atoms with Crippen molar-refractivity contribution in [1.29, 1.82) is 0 Å². The number of nitrogens with two attached hydrogens (primary N) is 1. The average molecular weight is 352 g/mol. The lowest BCUT2D eigenvalue weighted by atomic mass is 10.2. The van der Waals surface area contributed by atoms with Crippen molar-refractivity contribution in [3.63, 3.8) is 0 Å². The smallest absolute Gasteiger partial charge is 0.265 e. The van der Waals surface area contributed by atoms with Crippen LogP contribution >= 0.6 is 23.2 Å². The Morgan fingerprint density at radius 3 is 2.57 bits per heavy atom. The predicted molar refractivity (Wildman–Crippen MR) is 87.7 cm³/mol. The van der Waals surface area contributed by atoms with Crippen LogP contribution < -0.4 is 16.0 Å². The van der Waals surface area contributed by atoms with Crippen LogP contribution in [0.15, 0.2) is 34.7 Å². The molecular formula is C15H11Cl2N3O3. The molecule has 0 unspecified atom stereocenters. The number of nitrogens with one attached hydrogen (secondary N) is 1. The molecule has 8 heteroatoms. The number of aromatic nitrogens is 1. The molecule has 0 aliphatic carbocycles. The molecule has 0 saturated carbocycles. The van der Waals surface area contributed by atoms with E-state index in [1.807, 2.05) is 0 Å². The highest BCUT2D eigenvalue weighted by Gasteiger charge is 2.15. The number of hydrazine groups is 1. The van der Waals surface area contributed by atoms with Crippen molar-refractivity contribution in [1.82, 2.24) is 10.4 Å². The van der Waals surface area contributed by atoms with Crippen LogP contribution in [-0.4, -0.2) is 18.0 Å². The molecule has 0 spiro atoms. The summed E-state index contributed by atoms with van der Waals surface area (Å²) >= 11 is 12.2. The molecule has 1 heterocycles. The number of methoxy groups -OCH3 is 1. The average Bonchev–Trinajstić information content (AvgIpc) is 2.96. The third kappa shape index (κ3) is 2.84. The Hall–Kier alpha value is -2.28. The topological polar surface area (TPSA) is 90.4 Å². The van der Waals surface area contributed by atoms with Gasteiger partial charge in [-0.1, -0.05) is 23.2 Å². The van der Waals surface area contributed by atoms with Gasteiger partial charge in [0.1, 0.15) is 5.52 Å². The predicted octanol–water partition coefficient (Wildman–Crippen LogP) is 3.41. The molecular weight excluding hydrogens is 341 g/mol. The van der Waals surface area contributed by atoms with Crippen LogP contribution in [0.5, 0.6) is 5.75 Å². The molecule has 0 atom stereocenters. The SMILES string of the molecule is COc1c(Cl)cc(-c2nc3cc(C(=O)NN)ccc3o2)cc1Cl. The van der Waals surface area contributed by atoms with E-state index in [0.717, 1.165) is 0 Å². The van der Waals surface area contributed by atoms with Crippen molar-refractivity contribution in [2.45, 2.75) is 0 Å². The lowest BCUT2D eigenvalue weighted by molar-refractivity contribution is 0.0954. The Bertz CT molecular complexity index is 885. The minimum Gasteiger partial charge on any atom is -0.494 e. The molecule has 2 aromatic carbocycles. The number of rotatable bonds is 3. The van der Waals surface area contributed by atoms with Gasteiger partial charge in [0.25, 0.3) is 5.91 Å². The number of carbonyl (C=O) groups is 1. The highest BCUT2D eigenvalue weighted by atomic mass is 35.5. The molecule has 6 nitrogen and oxygen atoms in total. The number of hydrogen-bond donors (Lipinski definition) is 2. The number of amides is 1. The van der Waals surface area contributed by atoms with Crippen molar-refractivity contribution in [3.05, 3.63) is 45.9 Å². The molecule has 0 aliphatic heterocycles. The number of oxazole rings is 1. The summed E-state index contributed by atoms with van der Waals surface area (Å²) in [5, 5.41) is 0.695. The third-order valence-corrected chi connectivity index (χ3v) is 3.79. The van der Waals surface area contributed by atoms with E-state index in [1.54, 1.807) is 30.3 Å². The molecule has 118 valence electrons. The summed E-state index contributed by atoms with van der Waals surface area (Å²) in [6.45, 7) is 0. The van der Waals surface area contributed by atoms with Crippen LogP contribution in [-0.2, 0) is 0 Å². The maximum absolute atomic E-state index is 11.6. The molecule has 23 heavy (non-hydrogen) atoms. The largest absolute Gasteiger partial charge is 0.494 e. The van der Waals surface area contributed by atoms with Gasteiger partial charge in [0.2, 0.25) is 5.89 Å². The van der Waals surface area contributed by atoms with E-state index in [2.05, 4.69) is 10.4 Å². The van der Waals surface area contributed by atoms with Gasteiger partial charge in [0.15, 0.2) is 11.3 Å².